The molecule has 0 spiro atoms. The van der Waals surface area contributed by atoms with Gasteiger partial charge in [-0.1, -0.05) is 37.3 Å². The van der Waals surface area contributed by atoms with Crippen LogP contribution in [0.1, 0.15) is 44.6 Å². The summed E-state index contributed by atoms with van der Waals surface area (Å²) in [5.74, 6) is 0.455. The maximum absolute atomic E-state index is 5.88. The maximum atomic E-state index is 5.88. The second-order valence-corrected chi connectivity index (χ2v) is 4.39. The van der Waals surface area contributed by atoms with Gasteiger partial charge in [0.25, 0.3) is 0 Å². The van der Waals surface area contributed by atoms with Crippen LogP contribution < -0.4 is 5.73 Å². The first-order valence-corrected chi connectivity index (χ1v) is 5.65. The maximum Gasteiger partial charge on any atom is 0.164 e. The number of anilines is 1. The molecule has 1 aliphatic carbocycles. The summed E-state index contributed by atoms with van der Waals surface area (Å²) in [6.07, 6.45) is 9.55. The van der Waals surface area contributed by atoms with Crippen LogP contribution in [0.15, 0.2) is 6.20 Å². The van der Waals surface area contributed by atoms with Gasteiger partial charge in [0.15, 0.2) is 5.82 Å². The number of aromatic nitrogens is 2. The monoisotopic (exact) mass is 213 g/mol. The van der Waals surface area contributed by atoms with Gasteiger partial charge in [-0.3, -0.25) is 4.68 Å². The largest absolute Gasteiger partial charge is 0.381 e. The van der Waals surface area contributed by atoms with Gasteiger partial charge in [-0.05, 0) is 12.8 Å². The van der Waals surface area contributed by atoms with E-state index in [1.54, 1.807) is 0 Å². The highest BCUT2D eigenvalue weighted by atomic mass is 35.5. The highest BCUT2D eigenvalue weighted by Gasteiger charge is 2.15. The van der Waals surface area contributed by atoms with E-state index in [4.69, 9.17) is 17.3 Å². The van der Waals surface area contributed by atoms with E-state index in [9.17, 15) is 0 Å². The number of nitrogen functional groups attached to an aromatic ring is 1. The zero-order valence-electron chi connectivity index (χ0n) is 8.25. The SMILES string of the molecule is Nc1nn(C2CCCCCC2)cc1Cl. The van der Waals surface area contributed by atoms with Crippen molar-refractivity contribution in [1.82, 2.24) is 9.78 Å². The molecule has 0 saturated heterocycles. The van der Waals surface area contributed by atoms with Gasteiger partial charge < -0.3 is 5.73 Å². The van der Waals surface area contributed by atoms with Gasteiger partial charge in [-0.2, -0.15) is 5.10 Å². The predicted octanol–water partition coefficient (Wildman–Crippen LogP) is 3.01. The van der Waals surface area contributed by atoms with Crippen LogP contribution in [0.2, 0.25) is 5.02 Å². The zero-order chi connectivity index (χ0) is 9.97. The summed E-state index contributed by atoms with van der Waals surface area (Å²) in [4.78, 5) is 0. The van der Waals surface area contributed by atoms with Crippen LogP contribution in [-0.4, -0.2) is 9.78 Å². The Bertz CT molecular complexity index is 281. The summed E-state index contributed by atoms with van der Waals surface area (Å²) in [5, 5.41) is 4.82. The van der Waals surface area contributed by atoms with Gasteiger partial charge in [-0.25, -0.2) is 0 Å². The number of hydrogen-bond acceptors (Lipinski definition) is 2. The van der Waals surface area contributed by atoms with E-state index in [2.05, 4.69) is 5.10 Å². The summed E-state index contributed by atoms with van der Waals surface area (Å²) >= 11 is 5.88. The number of rotatable bonds is 1. The normalized spacial score (nSPS) is 19.5. The minimum Gasteiger partial charge on any atom is -0.381 e. The molecule has 1 saturated carbocycles. The van der Waals surface area contributed by atoms with Crippen molar-refractivity contribution < 1.29 is 0 Å². The predicted molar refractivity (Wildman–Crippen MR) is 58.4 cm³/mol. The Morgan fingerprint density at radius 3 is 2.43 bits per heavy atom. The average molecular weight is 214 g/mol. The molecule has 78 valence electrons. The molecule has 1 aromatic heterocycles. The third-order valence-electron chi connectivity index (χ3n) is 2.91. The molecule has 0 bridgehead atoms. The standard InChI is InChI=1S/C10H16ClN3/c11-9-7-14(13-10(9)12)8-5-3-1-2-4-6-8/h7-8H,1-6H2,(H2,12,13). The van der Waals surface area contributed by atoms with E-state index >= 15 is 0 Å². The molecule has 1 heterocycles. The summed E-state index contributed by atoms with van der Waals surface area (Å²) in [5.41, 5.74) is 5.62. The van der Waals surface area contributed by atoms with E-state index in [-0.39, 0.29) is 0 Å². The minimum atomic E-state index is 0.455. The van der Waals surface area contributed by atoms with Crippen LogP contribution in [0.3, 0.4) is 0 Å². The Balaban J connectivity index is 2.12. The van der Waals surface area contributed by atoms with Crippen LogP contribution in [-0.2, 0) is 0 Å². The Morgan fingerprint density at radius 1 is 1.29 bits per heavy atom. The third-order valence-corrected chi connectivity index (χ3v) is 3.20. The second-order valence-electron chi connectivity index (χ2n) is 3.99. The molecule has 4 heteroatoms. The Hall–Kier alpha value is -0.700. The van der Waals surface area contributed by atoms with Crippen LogP contribution in [0.5, 0.6) is 0 Å². The summed E-state index contributed by atoms with van der Waals surface area (Å²) in [6.45, 7) is 0. The molecule has 3 nitrogen and oxygen atoms in total. The van der Waals surface area contributed by atoms with Crippen molar-refractivity contribution in [2.75, 3.05) is 5.73 Å². The lowest BCUT2D eigenvalue weighted by Gasteiger charge is -2.13. The molecular weight excluding hydrogens is 198 g/mol. The lowest BCUT2D eigenvalue weighted by Crippen LogP contribution is -2.08. The van der Waals surface area contributed by atoms with Gasteiger partial charge >= 0.3 is 0 Å². The van der Waals surface area contributed by atoms with Crippen LogP contribution >= 0.6 is 11.6 Å². The van der Waals surface area contributed by atoms with Crippen molar-refractivity contribution in [2.24, 2.45) is 0 Å². The van der Waals surface area contributed by atoms with Gasteiger partial charge in [0.05, 0.1) is 6.04 Å². The van der Waals surface area contributed by atoms with Crippen molar-refractivity contribution in [2.45, 2.75) is 44.6 Å². The molecule has 1 aromatic rings. The molecule has 0 aromatic carbocycles. The quantitative estimate of drug-likeness (QED) is 0.729. The first kappa shape index (κ1) is 9.84. The molecule has 2 N–H and O–H groups in total. The Labute approximate surface area is 89.2 Å². The molecule has 0 aliphatic heterocycles. The Kier molecular flexibility index (Phi) is 2.96. The Morgan fingerprint density at radius 2 is 1.93 bits per heavy atom. The highest BCUT2D eigenvalue weighted by Crippen LogP contribution is 2.28. The van der Waals surface area contributed by atoms with Crippen molar-refractivity contribution in [3.8, 4) is 0 Å². The van der Waals surface area contributed by atoms with E-state index in [1.807, 2.05) is 10.9 Å². The number of hydrogen-bond donors (Lipinski definition) is 1. The molecular formula is C10H16ClN3. The summed E-state index contributed by atoms with van der Waals surface area (Å²) in [7, 11) is 0. The van der Waals surface area contributed by atoms with Gasteiger partial charge in [0.1, 0.15) is 5.02 Å². The van der Waals surface area contributed by atoms with Crippen LogP contribution in [0.25, 0.3) is 0 Å². The van der Waals surface area contributed by atoms with Crippen molar-refractivity contribution in [1.29, 1.82) is 0 Å². The molecule has 0 atom stereocenters. The first-order chi connectivity index (χ1) is 6.77. The second kappa shape index (κ2) is 4.22. The molecule has 0 unspecified atom stereocenters. The van der Waals surface area contributed by atoms with Crippen molar-refractivity contribution >= 4 is 17.4 Å². The molecule has 0 amide bonds. The van der Waals surface area contributed by atoms with Crippen molar-refractivity contribution in [3.63, 3.8) is 0 Å². The molecule has 0 radical (unpaired) electrons. The smallest absolute Gasteiger partial charge is 0.164 e. The topological polar surface area (TPSA) is 43.8 Å². The van der Waals surface area contributed by atoms with E-state index in [0.29, 0.717) is 16.9 Å². The zero-order valence-corrected chi connectivity index (χ0v) is 9.00. The van der Waals surface area contributed by atoms with E-state index < -0.39 is 0 Å². The fourth-order valence-electron chi connectivity index (χ4n) is 2.09. The van der Waals surface area contributed by atoms with E-state index in [1.165, 1.54) is 38.5 Å². The molecule has 14 heavy (non-hydrogen) atoms. The molecule has 2 rings (SSSR count). The van der Waals surface area contributed by atoms with Gasteiger partial charge in [0.2, 0.25) is 0 Å². The fourth-order valence-corrected chi connectivity index (χ4v) is 2.23. The number of halogens is 1. The van der Waals surface area contributed by atoms with Crippen LogP contribution in [0, 0.1) is 0 Å². The number of nitrogens with two attached hydrogens (primary N) is 1. The van der Waals surface area contributed by atoms with Gasteiger partial charge in [0, 0.05) is 6.20 Å². The van der Waals surface area contributed by atoms with Gasteiger partial charge in [-0.15, -0.1) is 0 Å². The molecule has 1 aliphatic rings. The first-order valence-electron chi connectivity index (χ1n) is 5.27. The van der Waals surface area contributed by atoms with Crippen molar-refractivity contribution in [3.05, 3.63) is 11.2 Å². The minimum absolute atomic E-state index is 0.455. The average Bonchev–Trinajstić information content (AvgIpc) is 2.46. The summed E-state index contributed by atoms with van der Waals surface area (Å²) in [6, 6.07) is 0.507. The summed E-state index contributed by atoms with van der Waals surface area (Å²) < 4.78 is 1.95. The lowest BCUT2D eigenvalue weighted by molar-refractivity contribution is 0.407. The lowest BCUT2D eigenvalue weighted by atomic mass is 10.1. The third kappa shape index (κ3) is 2.03. The van der Waals surface area contributed by atoms with E-state index in [0.717, 1.165) is 0 Å². The van der Waals surface area contributed by atoms with Crippen LogP contribution in [0.4, 0.5) is 5.82 Å². The highest BCUT2D eigenvalue weighted by molar-refractivity contribution is 6.32. The number of nitrogens with zero attached hydrogens (tertiary/aromatic N) is 2. The fraction of sp³-hybridized carbons (Fsp3) is 0.700. The molecule has 1 fully saturated rings.